The van der Waals surface area contributed by atoms with Crippen LogP contribution in [0.1, 0.15) is 0 Å². The molecule has 2 heterocycles. The average Bonchev–Trinajstić information content (AvgIpc) is 2.18. The molecule has 0 saturated carbocycles. The Labute approximate surface area is 503 Å². The van der Waals surface area contributed by atoms with Crippen molar-refractivity contribution in [3.63, 3.8) is 0 Å². The number of benzene rings is 14. The van der Waals surface area contributed by atoms with E-state index in [1.165, 1.54) is 124 Å². The topological polar surface area (TPSA) is 25.8 Å². The van der Waals surface area contributed by atoms with Crippen molar-refractivity contribution in [1.82, 2.24) is 9.97 Å². The van der Waals surface area contributed by atoms with Gasteiger partial charge in [0.2, 0.25) is 0 Å². The first-order valence-corrected chi connectivity index (χ1v) is 36.3. The molecule has 2 nitrogen and oxygen atoms in total. The van der Waals surface area contributed by atoms with Crippen molar-refractivity contribution in [3.05, 3.63) is 316 Å². The standard InChI is InChI=1S/2C39H26NPSe/c42-41(30-13-2-1-3-14-30,38-18-8-12-27-10-5-7-16-33(27)38)31-22-19-29(20-23-31)36-26-37-32-15-6-4-11-28(32)21-24-35(37)39-34(36)17-9-25-40-39;42-41(31-14-2-1-3-15-31,37-18-8-12-27-10-4-6-16-33(27)37)32-22-19-29(20-23-32)36-26-30-13-9-25-40-39(30)38-34-17-7-5-11-28(34)21-24-35(36)38/h2*1-26H. The predicted octanol–water partition coefficient (Wildman–Crippen LogP) is 17.5. The number of aromatic nitrogens is 2. The van der Waals surface area contributed by atoms with Gasteiger partial charge in [0.1, 0.15) is 0 Å². The molecular weight excluding hydrogens is 1180 g/mol. The Kier molecular flexibility index (Phi) is 13.6. The van der Waals surface area contributed by atoms with E-state index in [0.29, 0.717) is 0 Å². The molecule has 0 radical (unpaired) electrons. The van der Waals surface area contributed by atoms with E-state index in [-0.39, 0.29) is 0 Å². The molecule has 16 aromatic rings. The molecule has 0 saturated heterocycles. The first-order chi connectivity index (χ1) is 41.4. The van der Waals surface area contributed by atoms with Gasteiger partial charge in [0.25, 0.3) is 0 Å². The summed E-state index contributed by atoms with van der Waals surface area (Å²) in [6.07, 6.45) is 3.80. The fourth-order valence-electron chi connectivity index (χ4n) is 12.7. The van der Waals surface area contributed by atoms with Crippen LogP contribution < -0.4 is 31.8 Å². The van der Waals surface area contributed by atoms with E-state index >= 15 is 0 Å². The summed E-state index contributed by atoms with van der Waals surface area (Å²) in [5, 5.41) is 25.4. The summed E-state index contributed by atoms with van der Waals surface area (Å²) < 4.78 is 0. The Morgan fingerprint density at radius 2 is 0.631 bits per heavy atom. The van der Waals surface area contributed by atoms with Crippen LogP contribution in [0.25, 0.3) is 109 Å². The molecule has 0 aliphatic carbocycles. The van der Waals surface area contributed by atoms with Crippen LogP contribution in [0.2, 0.25) is 0 Å². The van der Waals surface area contributed by atoms with Crippen LogP contribution in [0.4, 0.5) is 0 Å². The molecule has 84 heavy (non-hydrogen) atoms. The zero-order valence-electron chi connectivity index (χ0n) is 45.6. The second kappa shape index (κ2) is 21.8. The van der Waals surface area contributed by atoms with E-state index in [0.717, 1.165) is 16.4 Å². The summed E-state index contributed by atoms with van der Waals surface area (Å²) in [6.45, 7) is 0. The van der Waals surface area contributed by atoms with Crippen LogP contribution in [-0.2, 0) is 0 Å². The summed E-state index contributed by atoms with van der Waals surface area (Å²) in [7, 11) is 0. The molecule has 0 aliphatic rings. The third-order valence-corrected chi connectivity index (χ3v) is 30.8. The van der Waals surface area contributed by atoms with E-state index < -0.39 is 11.0 Å². The number of hydrogen-bond acceptors (Lipinski definition) is 2. The number of fused-ring (bicyclic) bond motifs is 12. The average molecular weight is 1240 g/mol. The maximum atomic E-state index is 4.87. The summed E-state index contributed by atoms with van der Waals surface area (Å²) >= 11 is 7.53. The van der Waals surface area contributed by atoms with Crippen molar-refractivity contribution < 1.29 is 0 Å². The number of pyridine rings is 2. The molecule has 6 heteroatoms. The van der Waals surface area contributed by atoms with Gasteiger partial charge in [-0.2, -0.15) is 0 Å². The third kappa shape index (κ3) is 8.93. The van der Waals surface area contributed by atoms with Gasteiger partial charge in [-0.3, -0.25) is 0 Å². The van der Waals surface area contributed by atoms with Gasteiger partial charge in [-0.1, -0.05) is 0 Å². The van der Waals surface area contributed by atoms with Gasteiger partial charge in [-0.05, 0) is 0 Å². The molecule has 0 spiro atoms. The normalized spacial score (nSPS) is 13.0. The fourth-order valence-corrected chi connectivity index (χ4v) is 23.5. The minimum atomic E-state index is -2.04. The van der Waals surface area contributed by atoms with E-state index in [1.807, 2.05) is 24.5 Å². The van der Waals surface area contributed by atoms with Crippen molar-refractivity contribution in [3.8, 4) is 22.3 Å². The molecule has 0 bridgehead atoms. The van der Waals surface area contributed by atoms with Gasteiger partial charge in [-0.25, -0.2) is 0 Å². The van der Waals surface area contributed by atoms with Crippen LogP contribution in [0.15, 0.2) is 316 Å². The van der Waals surface area contributed by atoms with Crippen molar-refractivity contribution in [1.29, 1.82) is 0 Å². The molecule has 396 valence electrons. The molecule has 0 fully saturated rings. The molecule has 2 unspecified atom stereocenters. The quantitative estimate of drug-likeness (QED) is 0.0861. The van der Waals surface area contributed by atoms with Crippen LogP contribution >= 0.6 is 11.0 Å². The SMILES string of the molecule is [Se]=P(c1ccccc1)(c1ccc(-c2cc3c4ccccc4ccc3c3ncccc23)cc1)c1cccc2ccccc12.[Se]=P(c1ccccc1)(c1ccc(-c2cc3cccnc3c3c2ccc2ccccc23)cc1)c1cccc2ccccc12. The molecule has 0 amide bonds. The molecule has 0 aliphatic heterocycles. The van der Waals surface area contributed by atoms with E-state index in [9.17, 15) is 0 Å². The number of rotatable bonds is 8. The minimum absolute atomic E-state index is 1.05. The molecular formula is C78H52N2P2Se2. The van der Waals surface area contributed by atoms with E-state index in [1.54, 1.807) is 0 Å². The van der Waals surface area contributed by atoms with Crippen molar-refractivity contribution in [2.75, 3.05) is 0 Å². The summed E-state index contributed by atoms with van der Waals surface area (Å²) in [6, 6.07) is 111. The zero-order valence-corrected chi connectivity index (χ0v) is 50.8. The first-order valence-electron chi connectivity index (χ1n) is 28.3. The molecule has 0 N–H and O–H groups in total. The molecule has 14 aromatic carbocycles. The van der Waals surface area contributed by atoms with Gasteiger partial charge in [0, 0.05) is 0 Å². The molecule has 2 atom stereocenters. The Morgan fingerprint density at radius 3 is 1.19 bits per heavy atom. The van der Waals surface area contributed by atoms with Crippen LogP contribution in [0.5, 0.6) is 0 Å². The van der Waals surface area contributed by atoms with E-state index in [4.69, 9.17) is 9.97 Å². The van der Waals surface area contributed by atoms with Crippen molar-refractivity contribution in [2.24, 2.45) is 0 Å². The number of hydrogen-bond donors (Lipinski definition) is 0. The Hall–Kier alpha value is -8.64. The Morgan fingerprint density at radius 1 is 0.238 bits per heavy atom. The monoisotopic (exact) mass is 1240 g/mol. The predicted molar refractivity (Wildman–Crippen MR) is 368 cm³/mol. The summed E-state index contributed by atoms with van der Waals surface area (Å²) in [5.74, 6) is 0. The molecule has 16 rings (SSSR count). The van der Waals surface area contributed by atoms with Gasteiger partial charge in [-0.15, -0.1) is 0 Å². The summed E-state index contributed by atoms with van der Waals surface area (Å²) in [4.78, 5) is 9.70. The van der Waals surface area contributed by atoms with Crippen LogP contribution in [0, 0.1) is 0 Å². The van der Waals surface area contributed by atoms with Crippen LogP contribution in [-0.4, -0.2) is 40.2 Å². The second-order valence-electron chi connectivity index (χ2n) is 21.4. The summed E-state index contributed by atoms with van der Waals surface area (Å²) in [5.41, 5.74) is 2.87. The van der Waals surface area contributed by atoms with Crippen molar-refractivity contribution >= 4 is 159 Å². The van der Waals surface area contributed by atoms with Crippen LogP contribution in [0.3, 0.4) is 0 Å². The number of nitrogens with zero attached hydrogens (tertiary/aromatic N) is 2. The first kappa shape index (κ1) is 52.2. The van der Waals surface area contributed by atoms with Gasteiger partial charge in [0.05, 0.1) is 0 Å². The van der Waals surface area contributed by atoms with Crippen molar-refractivity contribution in [2.45, 2.75) is 0 Å². The Balaban J connectivity index is 0.000000143. The van der Waals surface area contributed by atoms with Gasteiger partial charge >= 0.3 is 507 Å². The van der Waals surface area contributed by atoms with Gasteiger partial charge < -0.3 is 0 Å². The fraction of sp³-hybridized carbons (Fsp3) is 0. The third-order valence-electron chi connectivity index (χ3n) is 16.7. The molecule has 2 aromatic heterocycles. The Bertz CT molecular complexity index is 5120. The van der Waals surface area contributed by atoms with Gasteiger partial charge in [0.15, 0.2) is 0 Å². The van der Waals surface area contributed by atoms with E-state index in [2.05, 4.69) is 321 Å². The maximum absolute atomic E-state index is 4.87. The second-order valence-corrected chi connectivity index (χ2v) is 33.8. The zero-order chi connectivity index (χ0) is 56.2.